The van der Waals surface area contributed by atoms with Gasteiger partial charge in [0.2, 0.25) is 0 Å². The van der Waals surface area contributed by atoms with Crippen molar-refractivity contribution < 1.29 is 9.84 Å². The lowest BCUT2D eigenvalue weighted by atomic mass is 10.1. The maximum Gasteiger partial charge on any atom is 0.119 e. The van der Waals surface area contributed by atoms with Crippen LogP contribution < -0.4 is 4.74 Å². The van der Waals surface area contributed by atoms with Crippen LogP contribution in [0.15, 0.2) is 30.6 Å². The van der Waals surface area contributed by atoms with E-state index in [2.05, 4.69) is 16.1 Å². The highest BCUT2D eigenvalue weighted by Gasteiger charge is 2.10. The fourth-order valence-corrected chi connectivity index (χ4v) is 2.55. The van der Waals surface area contributed by atoms with Crippen LogP contribution in [-0.4, -0.2) is 46.1 Å². The molecule has 0 spiro atoms. The summed E-state index contributed by atoms with van der Waals surface area (Å²) in [7, 11) is 3.88. The van der Waals surface area contributed by atoms with Gasteiger partial charge in [-0.2, -0.15) is 5.10 Å². The molecule has 0 amide bonds. The summed E-state index contributed by atoms with van der Waals surface area (Å²) in [6, 6.07) is 6.07. The Morgan fingerprint density at radius 1 is 1.27 bits per heavy atom. The maximum atomic E-state index is 10.1. The fourth-order valence-electron chi connectivity index (χ4n) is 2.55. The van der Waals surface area contributed by atoms with Crippen molar-refractivity contribution >= 4 is 0 Å². The molecule has 1 aromatic carbocycles. The highest BCUT2D eigenvalue weighted by atomic mass is 16.5. The van der Waals surface area contributed by atoms with E-state index in [4.69, 9.17) is 4.74 Å². The van der Waals surface area contributed by atoms with Gasteiger partial charge in [-0.15, -0.1) is 0 Å². The molecule has 1 aromatic heterocycles. The van der Waals surface area contributed by atoms with Crippen LogP contribution in [0.4, 0.5) is 0 Å². The molecule has 2 aromatic rings. The monoisotopic (exact) mass is 303 g/mol. The smallest absolute Gasteiger partial charge is 0.119 e. The topological polar surface area (TPSA) is 50.5 Å². The largest absolute Gasteiger partial charge is 0.491 e. The summed E-state index contributed by atoms with van der Waals surface area (Å²) in [6.45, 7) is 5.68. The third-order valence-corrected chi connectivity index (χ3v) is 3.37. The second-order valence-electron chi connectivity index (χ2n) is 6.01. The molecule has 5 nitrogen and oxygen atoms in total. The molecular weight excluding hydrogens is 278 g/mol. The van der Waals surface area contributed by atoms with Crippen molar-refractivity contribution in [1.82, 2.24) is 14.7 Å². The first kappa shape index (κ1) is 16.5. The molecule has 1 atom stereocenters. The van der Waals surface area contributed by atoms with Gasteiger partial charge in [0.25, 0.3) is 0 Å². The van der Waals surface area contributed by atoms with E-state index in [9.17, 15) is 5.11 Å². The first-order chi connectivity index (χ1) is 10.4. The SMILES string of the molecule is Cc1cc(C)cc(OCC(O)CN(C)Cc2cnn(C)c2)c1. The number of nitrogens with zero attached hydrogens (tertiary/aromatic N) is 3. The Hall–Kier alpha value is -1.85. The van der Waals surface area contributed by atoms with Gasteiger partial charge in [-0.3, -0.25) is 9.58 Å². The Bertz CT molecular complexity index is 589. The molecule has 0 aliphatic rings. The van der Waals surface area contributed by atoms with Crippen molar-refractivity contribution in [2.75, 3.05) is 20.2 Å². The highest BCUT2D eigenvalue weighted by molar-refractivity contribution is 5.32. The Labute approximate surface area is 132 Å². The van der Waals surface area contributed by atoms with Gasteiger partial charge < -0.3 is 9.84 Å². The molecule has 0 saturated heterocycles. The zero-order valence-electron chi connectivity index (χ0n) is 13.8. The summed E-state index contributed by atoms with van der Waals surface area (Å²) in [5.41, 5.74) is 3.46. The number of aliphatic hydroxyl groups is 1. The van der Waals surface area contributed by atoms with Crippen LogP contribution in [0.1, 0.15) is 16.7 Å². The number of ether oxygens (including phenoxy) is 1. The van der Waals surface area contributed by atoms with Gasteiger partial charge in [-0.25, -0.2) is 0 Å². The fraction of sp³-hybridized carbons (Fsp3) is 0.471. The third kappa shape index (κ3) is 5.16. The molecule has 1 N–H and O–H groups in total. The van der Waals surface area contributed by atoms with Crippen molar-refractivity contribution in [3.8, 4) is 5.75 Å². The van der Waals surface area contributed by atoms with Crippen LogP contribution in [0.2, 0.25) is 0 Å². The number of hydrogen-bond donors (Lipinski definition) is 1. The standard InChI is InChI=1S/C17H25N3O2/c1-13-5-14(2)7-17(6-13)22-12-16(21)11-19(3)9-15-8-18-20(4)10-15/h5-8,10,16,21H,9,11-12H2,1-4H3. The minimum absolute atomic E-state index is 0.292. The van der Waals surface area contributed by atoms with Crippen LogP contribution in [-0.2, 0) is 13.6 Å². The number of rotatable bonds is 7. The minimum Gasteiger partial charge on any atom is -0.491 e. The van der Waals surface area contributed by atoms with Gasteiger partial charge >= 0.3 is 0 Å². The average molecular weight is 303 g/mol. The number of aryl methyl sites for hydroxylation is 3. The summed E-state index contributed by atoms with van der Waals surface area (Å²) in [4.78, 5) is 2.06. The Kier molecular flexibility index (Phi) is 5.57. The van der Waals surface area contributed by atoms with Crippen LogP contribution >= 0.6 is 0 Å². The molecule has 0 aliphatic heterocycles. The van der Waals surface area contributed by atoms with Crippen molar-refractivity contribution in [1.29, 1.82) is 0 Å². The number of benzene rings is 1. The molecule has 1 unspecified atom stereocenters. The Morgan fingerprint density at radius 3 is 2.55 bits per heavy atom. The van der Waals surface area contributed by atoms with Crippen LogP contribution in [0.25, 0.3) is 0 Å². The molecule has 1 heterocycles. The lowest BCUT2D eigenvalue weighted by Gasteiger charge is -2.20. The molecule has 5 heteroatoms. The average Bonchev–Trinajstić information content (AvgIpc) is 2.80. The van der Waals surface area contributed by atoms with Crippen molar-refractivity contribution in [3.63, 3.8) is 0 Å². The van der Waals surface area contributed by atoms with Gasteiger partial charge in [0.1, 0.15) is 18.5 Å². The highest BCUT2D eigenvalue weighted by Crippen LogP contribution is 2.16. The quantitative estimate of drug-likeness (QED) is 0.849. The van der Waals surface area contributed by atoms with Crippen molar-refractivity contribution in [3.05, 3.63) is 47.3 Å². The molecule has 2 rings (SSSR count). The molecule has 22 heavy (non-hydrogen) atoms. The van der Waals surface area contributed by atoms with Crippen LogP contribution in [0.5, 0.6) is 5.75 Å². The van der Waals surface area contributed by atoms with E-state index in [0.717, 1.165) is 29.0 Å². The summed E-state index contributed by atoms with van der Waals surface area (Å²) in [6.07, 6.45) is 3.30. The predicted molar refractivity (Wildman–Crippen MR) is 87.0 cm³/mol. The van der Waals surface area contributed by atoms with E-state index < -0.39 is 6.10 Å². The van der Waals surface area contributed by atoms with Crippen molar-refractivity contribution in [2.45, 2.75) is 26.5 Å². The number of aliphatic hydroxyl groups excluding tert-OH is 1. The van der Waals surface area contributed by atoms with Gasteiger partial charge in [-0.1, -0.05) is 6.07 Å². The second-order valence-corrected chi connectivity index (χ2v) is 6.01. The van der Waals surface area contributed by atoms with E-state index in [1.165, 1.54) is 0 Å². The Morgan fingerprint density at radius 2 is 1.95 bits per heavy atom. The minimum atomic E-state index is -0.525. The summed E-state index contributed by atoms with van der Waals surface area (Å²) in [5.74, 6) is 0.812. The Balaban J connectivity index is 1.78. The van der Waals surface area contributed by atoms with Crippen molar-refractivity contribution in [2.24, 2.45) is 7.05 Å². The van der Waals surface area contributed by atoms with E-state index >= 15 is 0 Å². The molecule has 0 fully saturated rings. The van der Waals surface area contributed by atoms with E-state index in [1.807, 2.05) is 52.5 Å². The van der Waals surface area contributed by atoms with E-state index in [-0.39, 0.29) is 0 Å². The van der Waals surface area contributed by atoms with Crippen LogP contribution in [0, 0.1) is 13.8 Å². The lowest BCUT2D eigenvalue weighted by molar-refractivity contribution is 0.0743. The van der Waals surface area contributed by atoms with E-state index in [0.29, 0.717) is 13.2 Å². The van der Waals surface area contributed by atoms with Gasteiger partial charge in [0.15, 0.2) is 0 Å². The predicted octanol–water partition coefficient (Wildman–Crippen LogP) is 1.91. The maximum absolute atomic E-state index is 10.1. The zero-order valence-corrected chi connectivity index (χ0v) is 13.8. The first-order valence-corrected chi connectivity index (χ1v) is 7.47. The molecular formula is C17H25N3O2. The molecule has 0 radical (unpaired) electrons. The number of hydrogen-bond acceptors (Lipinski definition) is 4. The normalized spacial score (nSPS) is 12.6. The van der Waals surface area contributed by atoms with Crippen LogP contribution in [0.3, 0.4) is 0 Å². The molecule has 120 valence electrons. The van der Waals surface area contributed by atoms with Gasteiger partial charge in [-0.05, 0) is 44.2 Å². The van der Waals surface area contributed by atoms with Gasteiger partial charge in [0, 0.05) is 31.9 Å². The molecule has 0 bridgehead atoms. The summed E-state index contributed by atoms with van der Waals surface area (Å²) < 4.78 is 7.47. The van der Waals surface area contributed by atoms with E-state index in [1.54, 1.807) is 4.68 Å². The summed E-state index contributed by atoms with van der Waals surface area (Å²) >= 11 is 0. The zero-order chi connectivity index (χ0) is 16.1. The number of likely N-dealkylation sites (N-methyl/N-ethyl adjacent to an activating group) is 1. The third-order valence-electron chi connectivity index (χ3n) is 3.37. The first-order valence-electron chi connectivity index (χ1n) is 7.47. The lowest BCUT2D eigenvalue weighted by Crippen LogP contribution is -2.32. The second kappa shape index (κ2) is 7.42. The molecule has 0 saturated carbocycles. The summed E-state index contributed by atoms with van der Waals surface area (Å²) in [5, 5.41) is 14.3. The number of aromatic nitrogens is 2. The molecule has 0 aliphatic carbocycles. The van der Waals surface area contributed by atoms with Gasteiger partial charge in [0.05, 0.1) is 6.20 Å².